The quantitative estimate of drug-likeness (QED) is 0.456. The topological polar surface area (TPSA) is 81.9 Å². The fourth-order valence-electron chi connectivity index (χ4n) is 2.70. The number of nitrogens with zero attached hydrogens (tertiary/aromatic N) is 4. The molecule has 0 fully saturated rings. The smallest absolute Gasteiger partial charge is 0.248 e. The van der Waals surface area contributed by atoms with Gasteiger partial charge in [-0.25, -0.2) is 15.0 Å². The predicted octanol–water partition coefficient (Wildman–Crippen LogP) is 4.78. The summed E-state index contributed by atoms with van der Waals surface area (Å²) in [6.07, 6.45) is 6.47. The van der Waals surface area contributed by atoms with Crippen LogP contribution in [-0.2, 0) is 4.79 Å². The molecule has 0 bridgehead atoms. The minimum Gasteiger partial charge on any atom is -0.439 e. The molecule has 150 valence electrons. The summed E-state index contributed by atoms with van der Waals surface area (Å²) in [6.45, 7) is 3.93. The number of aryl methyl sites for hydroxylation is 1. The molecule has 30 heavy (non-hydrogen) atoms. The lowest BCUT2D eigenvalue weighted by atomic mass is 10.3. The normalized spacial score (nSPS) is 11.0. The largest absolute Gasteiger partial charge is 0.439 e. The molecule has 4 aromatic rings. The molecule has 0 saturated heterocycles. The van der Waals surface area contributed by atoms with E-state index in [0.29, 0.717) is 23.1 Å². The molecular weight excluding hydrogens is 398 g/mol. The van der Waals surface area contributed by atoms with Crippen molar-refractivity contribution >= 4 is 29.0 Å². The van der Waals surface area contributed by atoms with Crippen molar-refractivity contribution in [1.29, 1.82) is 0 Å². The Kier molecular flexibility index (Phi) is 5.67. The maximum absolute atomic E-state index is 12.0. The first-order valence-electron chi connectivity index (χ1n) is 9.22. The molecule has 3 aromatic heterocycles. The Morgan fingerprint density at radius 3 is 2.67 bits per heavy atom. The van der Waals surface area contributed by atoms with Gasteiger partial charge in [-0.05, 0) is 55.6 Å². The van der Waals surface area contributed by atoms with Crippen LogP contribution in [0.3, 0.4) is 0 Å². The molecule has 0 aliphatic carbocycles. The minimum atomic E-state index is -0.191. The standard InChI is InChI=1S/C22H19N5O2S/c1-15-16(2)27(14-25-15)20-12-22(24-13-23-20)29-18-7-5-17(6-8-18)26-21(28)10-9-19-4-3-11-30-19/h3-14H,1-2H3,(H,26,28)/b10-9+. The number of amides is 1. The maximum atomic E-state index is 12.0. The van der Waals surface area contributed by atoms with Crippen LogP contribution in [0.5, 0.6) is 11.6 Å². The highest BCUT2D eigenvalue weighted by atomic mass is 32.1. The van der Waals surface area contributed by atoms with Gasteiger partial charge in [0.15, 0.2) is 0 Å². The Hall–Kier alpha value is -3.78. The molecule has 1 aromatic carbocycles. The van der Waals surface area contributed by atoms with Crippen LogP contribution in [0.25, 0.3) is 11.9 Å². The number of imidazole rings is 1. The van der Waals surface area contributed by atoms with Crippen LogP contribution in [-0.4, -0.2) is 25.4 Å². The fraction of sp³-hybridized carbons (Fsp3) is 0.0909. The van der Waals surface area contributed by atoms with Gasteiger partial charge in [0, 0.05) is 28.4 Å². The first-order chi connectivity index (χ1) is 14.6. The number of carbonyl (C=O) groups is 1. The van der Waals surface area contributed by atoms with Crippen LogP contribution < -0.4 is 10.1 Å². The zero-order valence-corrected chi connectivity index (χ0v) is 17.3. The highest BCUT2D eigenvalue weighted by Crippen LogP contribution is 2.23. The third kappa shape index (κ3) is 4.61. The summed E-state index contributed by atoms with van der Waals surface area (Å²) in [4.78, 5) is 25.8. The van der Waals surface area contributed by atoms with Crippen LogP contribution >= 0.6 is 11.3 Å². The van der Waals surface area contributed by atoms with Crippen molar-refractivity contribution in [3.8, 4) is 17.4 Å². The second-order valence-corrected chi connectivity index (χ2v) is 7.44. The lowest BCUT2D eigenvalue weighted by Gasteiger charge is -2.08. The van der Waals surface area contributed by atoms with E-state index in [4.69, 9.17) is 4.74 Å². The summed E-state index contributed by atoms with van der Waals surface area (Å²) in [5.41, 5.74) is 2.63. The van der Waals surface area contributed by atoms with Gasteiger partial charge in [-0.3, -0.25) is 9.36 Å². The van der Waals surface area contributed by atoms with E-state index in [1.54, 1.807) is 54.1 Å². The van der Waals surface area contributed by atoms with Crippen LogP contribution in [0.4, 0.5) is 5.69 Å². The van der Waals surface area contributed by atoms with Gasteiger partial charge in [-0.15, -0.1) is 11.3 Å². The fourth-order valence-corrected chi connectivity index (χ4v) is 3.32. The molecule has 0 aliphatic heterocycles. The van der Waals surface area contributed by atoms with Gasteiger partial charge in [-0.1, -0.05) is 6.07 Å². The summed E-state index contributed by atoms with van der Waals surface area (Å²) in [5.74, 6) is 1.51. The monoisotopic (exact) mass is 417 g/mol. The average molecular weight is 417 g/mol. The van der Waals surface area contributed by atoms with Crippen LogP contribution in [0, 0.1) is 13.8 Å². The van der Waals surface area contributed by atoms with Gasteiger partial charge in [0.1, 0.15) is 24.2 Å². The molecule has 1 amide bonds. The summed E-state index contributed by atoms with van der Waals surface area (Å²) in [5, 5.41) is 4.79. The Balaban J connectivity index is 1.41. The van der Waals surface area contributed by atoms with Crippen molar-refractivity contribution in [1.82, 2.24) is 19.5 Å². The molecule has 3 heterocycles. The van der Waals surface area contributed by atoms with Gasteiger partial charge in [0.25, 0.3) is 0 Å². The summed E-state index contributed by atoms with van der Waals surface area (Å²) in [7, 11) is 0. The first-order valence-corrected chi connectivity index (χ1v) is 10.1. The third-order valence-electron chi connectivity index (χ3n) is 4.41. The SMILES string of the molecule is Cc1ncn(-c2cc(Oc3ccc(NC(=O)/C=C/c4cccs4)cc3)ncn2)c1C. The van der Waals surface area contributed by atoms with Gasteiger partial charge in [0.05, 0.1) is 5.69 Å². The van der Waals surface area contributed by atoms with Crippen molar-refractivity contribution in [3.63, 3.8) is 0 Å². The molecule has 0 spiro atoms. The van der Waals surface area contributed by atoms with Gasteiger partial charge < -0.3 is 10.1 Å². The molecule has 0 unspecified atom stereocenters. The highest BCUT2D eigenvalue weighted by Gasteiger charge is 2.08. The van der Waals surface area contributed by atoms with E-state index in [1.165, 1.54) is 12.4 Å². The molecule has 0 aliphatic rings. The number of carbonyl (C=O) groups excluding carboxylic acids is 1. The highest BCUT2D eigenvalue weighted by molar-refractivity contribution is 7.10. The Morgan fingerprint density at radius 2 is 1.97 bits per heavy atom. The molecule has 0 radical (unpaired) electrons. The molecule has 1 N–H and O–H groups in total. The number of benzene rings is 1. The van der Waals surface area contributed by atoms with E-state index >= 15 is 0 Å². The average Bonchev–Trinajstić information content (AvgIpc) is 3.39. The molecule has 0 atom stereocenters. The van der Waals surface area contributed by atoms with Crippen molar-refractivity contribution in [3.05, 3.63) is 82.8 Å². The van der Waals surface area contributed by atoms with Crippen LogP contribution in [0.1, 0.15) is 16.3 Å². The number of thiophene rings is 1. The lowest BCUT2D eigenvalue weighted by Crippen LogP contribution is -2.07. The van der Waals surface area contributed by atoms with E-state index in [9.17, 15) is 4.79 Å². The zero-order chi connectivity index (χ0) is 20.9. The van der Waals surface area contributed by atoms with Crippen molar-refractivity contribution in [2.75, 3.05) is 5.32 Å². The zero-order valence-electron chi connectivity index (χ0n) is 16.4. The summed E-state index contributed by atoms with van der Waals surface area (Å²) < 4.78 is 7.71. The molecule has 4 rings (SSSR count). The third-order valence-corrected chi connectivity index (χ3v) is 5.25. The Labute approximate surface area is 177 Å². The van der Waals surface area contributed by atoms with Gasteiger partial charge in [-0.2, -0.15) is 0 Å². The van der Waals surface area contributed by atoms with E-state index in [2.05, 4.69) is 20.3 Å². The summed E-state index contributed by atoms with van der Waals surface area (Å²) >= 11 is 1.58. The Morgan fingerprint density at radius 1 is 1.13 bits per heavy atom. The van der Waals surface area contributed by atoms with E-state index in [1.807, 2.05) is 35.9 Å². The number of ether oxygens (including phenoxy) is 1. The van der Waals surface area contributed by atoms with Crippen molar-refractivity contribution in [2.45, 2.75) is 13.8 Å². The second kappa shape index (κ2) is 8.71. The van der Waals surface area contributed by atoms with Gasteiger partial charge in [0.2, 0.25) is 11.8 Å². The molecule has 7 nitrogen and oxygen atoms in total. The number of rotatable bonds is 6. The lowest BCUT2D eigenvalue weighted by molar-refractivity contribution is -0.111. The minimum absolute atomic E-state index is 0.191. The number of aromatic nitrogens is 4. The van der Waals surface area contributed by atoms with Crippen LogP contribution in [0.2, 0.25) is 0 Å². The van der Waals surface area contributed by atoms with Crippen molar-refractivity contribution in [2.24, 2.45) is 0 Å². The Bertz CT molecular complexity index is 1180. The molecular formula is C22H19N5O2S. The maximum Gasteiger partial charge on any atom is 0.248 e. The van der Waals surface area contributed by atoms with Crippen molar-refractivity contribution < 1.29 is 9.53 Å². The molecule has 0 saturated carbocycles. The van der Waals surface area contributed by atoms with E-state index < -0.39 is 0 Å². The summed E-state index contributed by atoms with van der Waals surface area (Å²) in [6, 6.07) is 12.7. The number of hydrogen-bond acceptors (Lipinski definition) is 6. The molecule has 8 heteroatoms. The predicted molar refractivity (Wildman–Crippen MR) is 117 cm³/mol. The first kappa shape index (κ1) is 19.5. The van der Waals surface area contributed by atoms with Gasteiger partial charge >= 0.3 is 0 Å². The number of nitrogens with one attached hydrogen (secondary N) is 1. The second-order valence-electron chi connectivity index (χ2n) is 6.46. The number of hydrogen-bond donors (Lipinski definition) is 1. The van der Waals surface area contributed by atoms with E-state index in [0.717, 1.165) is 16.3 Å². The van der Waals surface area contributed by atoms with E-state index in [-0.39, 0.29) is 5.91 Å². The van der Waals surface area contributed by atoms with Crippen LogP contribution in [0.15, 0.2) is 66.6 Å². The number of anilines is 1.